The predicted octanol–water partition coefficient (Wildman–Crippen LogP) is 7.35. The molecule has 2 aromatic rings. The summed E-state index contributed by atoms with van der Waals surface area (Å²) in [5.74, 6) is 1.63. The van der Waals surface area contributed by atoms with Crippen molar-refractivity contribution in [3.63, 3.8) is 0 Å². The molecule has 1 aliphatic rings. The highest BCUT2D eigenvalue weighted by molar-refractivity contribution is 5.74. The molecule has 0 radical (unpaired) electrons. The van der Waals surface area contributed by atoms with Gasteiger partial charge in [-0.2, -0.15) is 0 Å². The Balaban J connectivity index is -0.000000129. The number of hydrogen-bond donors (Lipinski definition) is 2. The summed E-state index contributed by atoms with van der Waals surface area (Å²) >= 11 is 0. The van der Waals surface area contributed by atoms with Gasteiger partial charge in [0, 0.05) is 31.6 Å². The third-order valence-electron chi connectivity index (χ3n) is 3.94. The molecular formula is C27H57N5O. The lowest BCUT2D eigenvalue weighted by Crippen LogP contribution is -2.29. The van der Waals surface area contributed by atoms with Crippen molar-refractivity contribution in [3.8, 4) is 0 Å². The highest BCUT2D eigenvalue weighted by Gasteiger charge is 2.34. The average Bonchev–Trinajstić information content (AvgIpc) is 3.37. The van der Waals surface area contributed by atoms with Crippen molar-refractivity contribution in [2.24, 2.45) is 11.7 Å². The van der Waals surface area contributed by atoms with Crippen LogP contribution in [0.3, 0.4) is 0 Å². The molecule has 0 saturated carbocycles. The van der Waals surface area contributed by atoms with E-state index in [0.29, 0.717) is 5.92 Å². The number of nitrogens with two attached hydrogens (primary N) is 1. The summed E-state index contributed by atoms with van der Waals surface area (Å²) in [6, 6.07) is 5.85. The Labute approximate surface area is 206 Å². The van der Waals surface area contributed by atoms with Crippen LogP contribution < -0.4 is 5.73 Å². The molecule has 0 bridgehead atoms. The van der Waals surface area contributed by atoms with Gasteiger partial charge in [0.2, 0.25) is 5.91 Å². The minimum Gasteiger partial charge on any atom is -0.344 e. The van der Waals surface area contributed by atoms with Gasteiger partial charge in [-0.3, -0.25) is 9.78 Å². The zero-order valence-electron chi connectivity index (χ0n) is 22.0. The van der Waals surface area contributed by atoms with Gasteiger partial charge >= 0.3 is 0 Å². The maximum atomic E-state index is 11.6. The third kappa shape index (κ3) is 18.0. The number of pyridine rings is 1. The molecule has 2 atom stereocenters. The van der Waals surface area contributed by atoms with Crippen LogP contribution in [0.1, 0.15) is 107 Å². The zero-order chi connectivity index (χ0) is 24.8. The summed E-state index contributed by atoms with van der Waals surface area (Å²) in [7, 11) is 0. The number of hydrogen-bond acceptors (Lipinski definition) is 4. The first-order chi connectivity index (χ1) is 14.9. The number of amides is 1. The van der Waals surface area contributed by atoms with E-state index < -0.39 is 0 Å². The zero-order valence-corrected chi connectivity index (χ0v) is 22.0. The summed E-state index contributed by atoms with van der Waals surface area (Å²) in [5, 5.41) is 0. The van der Waals surface area contributed by atoms with Gasteiger partial charge in [-0.15, -0.1) is 0 Å². The van der Waals surface area contributed by atoms with Gasteiger partial charge < -0.3 is 15.6 Å². The van der Waals surface area contributed by atoms with Crippen LogP contribution in [0.5, 0.6) is 0 Å². The first kappa shape index (κ1) is 41.1. The van der Waals surface area contributed by atoms with E-state index in [1.165, 1.54) is 0 Å². The number of aryl methyl sites for hydroxylation is 2. The van der Waals surface area contributed by atoms with Crippen molar-refractivity contribution in [1.82, 2.24) is 19.9 Å². The van der Waals surface area contributed by atoms with Crippen LogP contribution in [0.2, 0.25) is 0 Å². The first-order valence-corrected chi connectivity index (χ1v) is 11.8. The van der Waals surface area contributed by atoms with E-state index in [9.17, 15) is 4.79 Å². The predicted molar refractivity (Wildman–Crippen MR) is 148 cm³/mol. The van der Waals surface area contributed by atoms with Crippen LogP contribution in [0.25, 0.3) is 0 Å². The molecule has 1 amide bonds. The van der Waals surface area contributed by atoms with E-state index >= 15 is 0 Å². The summed E-state index contributed by atoms with van der Waals surface area (Å²) in [6.07, 6.45) is 4.51. The maximum absolute atomic E-state index is 11.6. The normalized spacial score (nSPS) is 14.7. The van der Waals surface area contributed by atoms with E-state index in [4.69, 9.17) is 5.73 Å². The standard InChI is InChI=1S/C12H19N3O.C5H5N.C2H7N.3C2H6.2CH4/c1-7-5-11(15(6-7)10(4)16)12-13-8(2)9(3)14-12;1-2-4-6-5-3-1;1-2-3;3*1-2;;/h7,11H,5-6H2,1-4H3,(H,13,14);1-5H;2-3H2,1H3;3*1-2H3;2*1H4. The first-order valence-electron chi connectivity index (χ1n) is 11.8. The molecule has 2 unspecified atom stereocenters. The molecule has 3 N–H and O–H groups in total. The Morgan fingerprint density at radius 1 is 1.06 bits per heavy atom. The molecule has 1 saturated heterocycles. The molecule has 33 heavy (non-hydrogen) atoms. The Bertz CT molecular complexity index is 582. The molecule has 3 heterocycles. The number of H-pyrrole nitrogens is 1. The van der Waals surface area contributed by atoms with Crippen LogP contribution in [-0.4, -0.2) is 38.8 Å². The van der Waals surface area contributed by atoms with Gasteiger partial charge in [-0.1, -0.05) is 76.3 Å². The van der Waals surface area contributed by atoms with Gasteiger partial charge in [0.1, 0.15) is 5.82 Å². The molecule has 2 aromatic heterocycles. The second-order valence-corrected chi connectivity index (χ2v) is 6.29. The van der Waals surface area contributed by atoms with Crippen molar-refractivity contribution in [1.29, 1.82) is 0 Å². The molecule has 1 aliphatic heterocycles. The minimum absolute atomic E-state index is 0. The van der Waals surface area contributed by atoms with Crippen molar-refractivity contribution >= 4 is 5.91 Å². The lowest BCUT2D eigenvalue weighted by atomic mass is 10.1. The molecular weight excluding hydrogens is 410 g/mol. The molecule has 6 heteroatoms. The molecule has 0 aromatic carbocycles. The van der Waals surface area contributed by atoms with Gasteiger partial charge in [-0.05, 0) is 44.9 Å². The van der Waals surface area contributed by atoms with Crippen LogP contribution in [0.15, 0.2) is 30.6 Å². The highest BCUT2D eigenvalue weighted by atomic mass is 16.2. The summed E-state index contributed by atoms with van der Waals surface area (Å²) in [6.45, 7) is 23.3. The molecule has 3 rings (SSSR count). The Hall–Kier alpha value is -2.21. The number of carbonyl (C=O) groups excluding carboxylic acids is 1. The highest BCUT2D eigenvalue weighted by Crippen LogP contribution is 2.34. The van der Waals surface area contributed by atoms with E-state index in [1.807, 2.05) is 85.4 Å². The van der Waals surface area contributed by atoms with Crippen LogP contribution in [-0.2, 0) is 4.79 Å². The maximum Gasteiger partial charge on any atom is 0.220 e. The smallest absolute Gasteiger partial charge is 0.220 e. The Morgan fingerprint density at radius 3 is 1.79 bits per heavy atom. The Morgan fingerprint density at radius 2 is 1.52 bits per heavy atom. The van der Waals surface area contributed by atoms with E-state index in [1.54, 1.807) is 19.3 Å². The quantitative estimate of drug-likeness (QED) is 0.459. The van der Waals surface area contributed by atoms with Crippen LogP contribution in [0, 0.1) is 19.8 Å². The van der Waals surface area contributed by atoms with E-state index in [2.05, 4.69) is 21.9 Å². The topological polar surface area (TPSA) is 87.9 Å². The lowest BCUT2D eigenvalue weighted by Gasteiger charge is -2.21. The SMILES string of the molecule is C.C.CC.CC.CC.CC(=O)N1CC(C)CC1c1nc(C)c(C)[nH]1.CCN.c1ccncc1. The van der Waals surface area contributed by atoms with Crippen LogP contribution in [0.4, 0.5) is 0 Å². The minimum atomic E-state index is 0. The molecule has 1 fully saturated rings. The second-order valence-electron chi connectivity index (χ2n) is 6.29. The number of likely N-dealkylation sites (tertiary alicyclic amines) is 1. The van der Waals surface area contributed by atoms with Crippen molar-refractivity contribution in [3.05, 3.63) is 47.8 Å². The molecule has 196 valence electrons. The number of nitrogens with one attached hydrogen (secondary N) is 1. The average molecular weight is 468 g/mol. The van der Waals surface area contributed by atoms with E-state index in [0.717, 1.165) is 36.7 Å². The summed E-state index contributed by atoms with van der Waals surface area (Å²) in [4.78, 5) is 25.1. The fourth-order valence-corrected chi connectivity index (χ4v) is 2.70. The van der Waals surface area contributed by atoms with Crippen molar-refractivity contribution < 1.29 is 4.79 Å². The number of aromatic nitrogens is 3. The van der Waals surface area contributed by atoms with Gasteiger partial charge in [0.25, 0.3) is 0 Å². The molecule has 0 aliphatic carbocycles. The summed E-state index contributed by atoms with van der Waals surface area (Å²) < 4.78 is 0. The second kappa shape index (κ2) is 27.8. The van der Waals surface area contributed by atoms with Crippen molar-refractivity contribution in [2.45, 2.75) is 103 Å². The molecule has 6 nitrogen and oxygen atoms in total. The number of nitrogens with zero attached hydrogens (tertiary/aromatic N) is 3. The monoisotopic (exact) mass is 467 g/mol. The lowest BCUT2D eigenvalue weighted by molar-refractivity contribution is -0.130. The van der Waals surface area contributed by atoms with Crippen molar-refractivity contribution in [2.75, 3.05) is 13.1 Å². The number of aromatic amines is 1. The third-order valence-corrected chi connectivity index (χ3v) is 3.94. The van der Waals surface area contributed by atoms with Gasteiger partial charge in [0.05, 0.1) is 11.7 Å². The number of rotatable bonds is 1. The summed E-state index contributed by atoms with van der Waals surface area (Å²) in [5.41, 5.74) is 6.97. The van der Waals surface area contributed by atoms with Gasteiger partial charge in [-0.25, -0.2) is 4.98 Å². The largest absolute Gasteiger partial charge is 0.344 e. The molecule has 0 spiro atoms. The van der Waals surface area contributed by atoms with Crippen LogP contribution >= 0.6 is 0 Å². The Kier molecular flexibility index (Phi) is 34.6. The van der Waals surface area contributed by atoms with E-state index in [-0.39, 0.29) is 26.8 Å². The van der Waals surface area contributed by atoms with Gasteiger partial charge in [0.15, 0.2) is 0 Å². The number of imidazole rings is 1. The number of carbonyl (C=O) groups is 1. The fourth-order valence-electron chi connectivity index (χ4n) is 2.70. The fraction of sp³-hybridized carbons (Fsp3) is 0.667.